The highest BCUT2D eigenvalue weighted by Gasteiger charge is 2.26. The molecule has 2 aromatic carbocycles. The number of fused-ring (bicyclic) bond motifs is 1. The van der Waals surface area contributed by atoms with Crippen molar-refractivity contribution in [1.29, 1.82) is 0 Å². The van der Waals surface area contributed by atoms with Crippen LogP contribution in [0.15, 0.2) is 54.1 Å². The summed E-state index contributed by atoms with van der Waals surface area (Å²) < 4.78 is 0. The van der Waals surface area contributed by atoms with Gasteiger partial charge in [-0.25, -0.2) is 4.98 Å². The molecule has 0 aliphatic carbocycles. The summed E-state index contributed by atoms with van der Waals surface area (Å²) in [6.45, 7) is 2.68. The molecule has 6 nitrogen and oxygen atoms in total. The van der Waals surface area contributed by atoms with Crippen molar-refractivity contribution in [2.75, 3.05) is 10.6 Å². The molecule has 0 fully saturated rings. The maximum Gasteiger partial charge on any atom is 0.238 e. The quantitative estimate of drug-likeness (QED) is 0.311. The fourth-order valence-corrected chi connectivity index (χ4v) is 5.40. The molecule has 32 heavy (non-hydrogen) atoms. The highest BCUT2D eigenvalue weighted by atomic mass is 35.5. The number of carbonyl (C=O) groups is 1. The number of thiazole rings is 1. The number of aryl methyl sites for hydroxylation is 1. The van der Waals surface area contributed by atoms with Gasteiger partial charge in [0.25, 0.3) is 0 Å². The fourth-order valence-electron chi connectivity index (χ4n) is 3.54. The highest BCUT2D eigenvalue weighted by molar-refractivity contribution is 8.09. The molecule has 1 aliphatic rings. The molecule has 1 unspecified atom stereocenters. The Morgan fingerprint density at radius 2 is 2.09 bits per heavy atom. The zero-order valence-corrected chi connectivity index (χ0v) is 19.6. The molecular formula is C23H20ClN5OS2. The van der Waals surface area contributed by atoms with Crippen molar-refractivity contribution in [3.8, 4) is 0 Å². The number of halogens is 1. The topological polar surface area (TPSA) is 82.7 Å². The standard InChI is InChI=1S/C23H20ClN5OS2/c1-13-19(26-12-31-13)11-25-22-17-7-6-16(10-18(17)28-29-22)27-23(30)21-9-8-20(32-21)14-2-4-15(24)5-3-14/h2-8,10,12,21H,9,11H2,1H3,(H,27,30)(H2,25,28,29). The molecule has 9 heteroatoms. The Labute approximate surface area is 198 Å². The Hall–Kier alpha value is -2.81. The number of carbonyl (C=O) groups excluding carboxylic acids is 1. The van der Waals surface area contributed by atoms with Crippen LogP contribution in [0.4, 0.5) is 11.5 Å². The van der Waals surface area contributed by atoms with Crippen molar-refractivity contribution in [1.82, 2.24) is 15.2 Å². The summed E-state index contributed by atoms with van der Waals surface area (Å²) in [7, 11) is 0. The van der Waals surface area contributed by atoms with Gasteiger partial charge in [0.05, 0.1) is 28.5 Å². The molecule has 4 aromatic rings. The van der Waals surface area contributed by atoms with Crippen LogP contribution in [0.2, 0.25) is 5.02 Å². The number of aromatic amines is 1. The Morgan fingerprint density at radius 1 is 1.25 bits per heavy atom. The average Bonchev–Trinajstić information content (AvgIpc) is 3.53. The first-order valence-corrected chi connectivity index (χ1v) is 12.2. The van der Waals surface area contributed by atoms with Crippen LogP contribution in [0.1, 0.15) is 22.6 Å². The summed E-state index contributed by atoms with van der Waals surface area (Å²) in [5.74, 6) is 0.764. The second kappa shape index (κ2) is 8.97. The Balaban J connectivity index is 1.22. The van der Waals surface area contributed by atoms with Gasteiger partial charge in [-0.15, -0.1) is 23.1 Å². The number of H-pyrrole nitrogens is 1. The lowest BCUT2D eigenvalue weighted by atomic mass is 10.2. The summed E-state index contributed by atoms with van der Waals surface area (Å²) in [6, 6.07) is 13.5. The first kappa shape index (κ1) is 21.1. The number of amides is 1. The third-order valence-corrected chi connectivity index (χ3v) is 7.71. The van der Waals surface area contributed by atoms with Gasteiger partial charge in [-0.3, -0.25) is 9.89 Å². The van der Waals surface area contributed by atoms with Crippen molar-refractivity contribution in [2.24, 2.45) is 0 Å². The van der Waals surface area contributed by atoms with Gasteiger partial charge >= 0.3 is 0 Å². The van der Waals surface area contributed by atoms with E-state index in [0.29, 0.717) is 18.0 Å². The van der Waals surface area contributed by atoms with Gasteiger partial charge in [0, 0.05) is 25.9 Å². The van der Waals surface area contributed by atoms with E-state index in [1.54, 1.807) is 23.1 Å². The van der Waals surface area contributed by atoms with E-state index >= 15 is 0 Å². The van der Waals surface area contributed by atoms with Gasteiger partial charge in [-0.2, -0.15) is 5.10 Å². The second-order valence-corrected chi connectivity index (χ2v) is 10.2. The molecule has 1 aliphatic heterocycles. The molecule has 3 N–H and O–H groups in total. The molecule has 0 bridgehead atoms. The molecule has 0 saturated carbocycles. The Bertz CT molecular complexity index is 1310. The largest absolute Gasteiger partial charge is 0.362 e. The minimum atomic E-state index is -0.156. The molecule has 0 radical (unpaired) electrons. The van der Waals surface area contributed by atoms with Crippen LogP contribution in [0, 0.1) is 6.92 Å². The van der Waals surface area contributed by atoms with E-state index < -0.39 is 0 Å². The molecule has 0 spiro atoms. The maximum absolute atomic E-state index is 12.8. The number of nitrogens with one attached hydrogen (secondary N) is 3. The van der Waals surface area contributed by atoms with Gasteiger partial charge < -0.3 is 10.6 Å². The molecule has 3 heterocycles. The molecule has 1 atom stereocenters. The molecular weight excluding hydrogens is 462 g/mol. The summed E-state index contributed by atoms with van der Waals surface area (Å²) in [4.78, 5) is 19.5. The lowest BCUT2D eigenvalue weighted by Gasteiger charge is -2.11. The number of rotatable bonds is 6. The van der Waals surface area contributed by atoms with Gasteiger partial charge in [0.1, 0.15) is 0 Å². The normalized spacial score (nSPS) is 15.7. The number of anilines is 2. The van der Waals surface area contributed by atoms with E-state index in [1.165, 1.54) is 4.88 Å². The zero-order chi connectivity index (χ0) is 22.1. The Kier molecular flexibility index (Phi) is 5.91. The number of hydrogen-bond donors (Lipinski definition) is 3. The van der Waals surface area contributed by atoms with Gasteiger partial charge in [0.2, 0.25) is 5.91 Å². The molecule has 5 rings (SSSR count). The third-order valence-electron chi connectivity index (χ3n) is 5.31. The summed E-state index contributed by atoms with van der Waals surface area (Å²) in [6.07, 6.45) is 2.81. The van der Waals surface area contributed by atoms with Gasteiger partial charge in [-0.1, -0.05) is 29.8 Å². The van der Waals surface area contributed by atoms with Crippen molar-refractivity contribution >= 4 is 67.9 Å². The second-order valence-electron chi connectivity index (χ2n) is 7.45. The third kappa shape index (κ3) is 4.39. The minimum Gasteiger partial charge on any atom is -0.362 e. The van der Waals surface area contributed by atoms with Crippen LogP contribution in [-0.4, -0.2) is 26.3 Å². The molecule has 2 aromatic heterocycles. The van der Waals surface area contributed by atoms with Crippen molar-refractivity contribution in [3.05, 3.63) is 75.2 Å². The average molecular weight is 482 g/mol. The summed E-state index contributed by atoms with van der Waals surface area (Å²) in [5, 5.41) is 15.3. The highest BCUT2D eigenvalue weighted by Crippen LogP contribution is 2.40. The fraction of sp³-hybridized carbons (Fsp3) is 0.174. The Morgan fingerprint density at radius 3 is 2.88 bits per heavy atom. The summed E-state index contributed by atoms with van der Waals surface area (Å²) in [5.41, 5.74) is 5.56. The van der Waals surface area contributed by atoms with E-state index in [4.69, 9.17) is 11.6 Å². The first-order chi connectivity index (χ1) is 15.6. The smallest absolute Gasteiger partial charge is 0.238 e. The van der Waals surface area contributed by atoms with E-state index in [2.05, 4.69) is 38.8 Å². The van der Waals surface area contributed by atoms with Crippen LogP contribution >= 0.6 is 34.7 Å². The van der Waals surface area contributed by atoms with Crippen LogP contribution in [0.5, 0.6) is 0 Å². The number of allylic oxidation sites excluding steroid dienone is 1. The SMILES string of the molecule is Cc1scnc1CNc1n[nH]c2cc(NC(=O)C3CC=C(c4ccc(Cl)cc4)S3)ccc12. The predicted molar refractivity (Wildman–Crippen MR) is 134 cm³/mol. The molecule has 0 saturated heterocycles. The lowest BCUT2D eigenvalue weighted by Crippen LogP contribution is -2.23. The van der Waals surface area contributed by atoms with Crippen molar-refractivity contribution in [2.45, 2.75) is 25.1 Å². The van der Waals surface area contributed by atoms with E-state index in [0.717, 1.165) is 38.6 Å². The van der Waals surface area contributed by atoms with Crippen LogP contribution in [0.3, 0.4) is 0 Å². The van der Waals surface area contributed by atoms with Crippen molar-refractivity contribution in [3.63, 3.8) is 0 Å². The van der Waals surface area contributed by atoms with Crippen LogP contribution < -0.4 is 10.6 Å². The van der Waals surface area contributed by atoms with E-state index in [1.807, 2.05) is 48.0 Å². The molecule has 162 valence electrons. The minimum absolute atomic E-state index is 0.00793. The summed E-state index contributed by atoms with van der Waals surface area (Å²) >= 11 is 9.19. The lowest BCUT2D eigenvalue weighted by molar-refractivity contribution is -0.115. The van der Waals surface area contributed by atoms with E-state index in [9.17, 15) is 4.79 Å². The molecule has 1 amide bonds. The van der Waals surface area contributed by atoms with Gasteiger partial charge in [-0.05, 0) is 49.2 Å². The number of hydrogen-bond acceptors (Lipinski definition) is 6. The maximum atomic E-state index is 12.8. The zero-order valence-electron chi connectivity index (χ0n) is 17.2. The van der Waals surface area contributed by atoms with E-state index in [-0.39, 0.29) is 11.2 Å². The number of nitrogens with zero attached hydrogens (tertiary/aromatic N) is 2. The number of thioether (sulfide) groups is 1. The first-order valence-electron chi connectivity index (χ1n) is 10.1. The van der Waals surface area contributed by atoms with Crippen LogP contribution in [0.25, 0.3) is 15.8 Å². The van der Waals surface area contributed by atoms with Gasteiger partial charge in [0.15, 0.2) is 5.82 Å². The van der Waals surface area contributed by atoms with Crippen LogP contribution in [-0.2, 0) is 11.3 Å². The number of benzene rings is 2. The monoisotopic (exact) mass is 481 g/mol. The number of aromatic nitrogens is 3. The van der Waals surface area contributed by atoms with Crippen molar-refractivity contribution < 1.29 is 4.79 Å². The predicted octanol–water partition coefficient (Wildman–Crippen LogP) is 6.08.